The Kier molecular flexibility index (Phi) is 6.03. The van der Waals surface area contributed by atoms with Crippen LogP contribution in [0.2, 0.25) is 0 Å². The van der Waals surface area contributed by atoms with Crippen molar-refractivity contribution in [2.75, 3.05) is 14.2 Å². The summed E-state index contributed by atoms with van der Waals surface area (Å²) in [5, 5.41) is 21.5. The van der Waals surface area contributed by atoms with Gasteiger partial charge in [0.05, 0.1) is 25.6 Å². The molecule has 0 aliphatic carbocycles. The number of nitrogens with zero attached hydrogens (tertiary/aromatic N) is 2. The third-order valence-corrected chi connectivity index (χ3v) is 4.99. The van der Waals surface area contributed by atoms with E-state index in [1.54, 1.807) is 48.8 Å². The number of phenolic OH excluding ortho intramolecular Hbond substituents is 2. The molecule has 4 aromatic carbocycles. The van der Waals surface area contributed by atoms with Gasteiger partial charge in [-0.1, -0.05) is 24.3 Å². The number of rotatable bonds is 6. The highest BCUT2D eigenvalue weighted by atomic mass is 16.5. The summed E-state index contributed by atoms with van der Waals surface area (Å²) < 4.78 is 10.3. The summed E-state index contributed by atoms with van der Waals surface area (Å²) in [6.07, 6.45) is 3.46. The van der Waals surface area contributed by atoms with Gasteiger partial charge in [-0.05, 0) is 59.7 Å². The first-order valence-corrected chi connectivity index (χ1v) is 9.93. The van der Waals surface area contributed by atoms with E-state index in [4.69, 9.17) is 9.47 Å². The van der Waals surface area contributed by atoms with Crippen molar-refractivity contribution in [1.82, 2.24) is 0 Å². The van der Waals surface area contributed by atoms with Crippen LogP contribution < -0.4 is 9.47 Å². The van der Waals surface area contributed by atoms with E-state index in [-0.39, 0.29) is 11.5 Å². The minimum Gasteiger partial charge on any atom is -0.504 e. The molecule has 32 heavy (non-hydrogen) atoms. The molecule has 0 saturated heterocycles. The van der Waals surface area contributed by atoms with E-state index in [1.807, 2.05) is 36.4 Å². The van der Waals surface area contributed by atoms with Crippen LogP contribution in [0.4, 0.5) is 11.4 Å². The Morgan fingerprint density at radius 3 is 1.47 bits per heavy atom. The first-order valence-electron chi connectivity index (χ1n) is 9.93. The lowest BCUT2D eigenvalue weighted by Crippen LogP contribution is -1.87. The van der Waals surface area contributed by atoms with Crippen LogP contribution in [0, 0.1) is 0 Å². The van der Waals surface area contributed by atoms with Crippen molar-refractivity contribution in [2.24, 2.45) is 9.98 Å². The lowest BCUT2D eigenvalue weighted by Gasteiger charge is -2.06. The maximum absolute atomic E-state index is 9.77. The maximum Gasteiger partial charge on any atom is 0.161 e. The van der Waals surface area contributed by atoms with E-state index in [0.717, 1.165) is 33.3 Å². The molecule has 0 fully saturated rings. The number of benzene rings is 4. The molecule has 0 saturated carbocycles. The Hall–Kier alpha value is -4.32. The van der Waals surface area contributed by atoms with Gasteiger partial charge in [-0.25, -0.2) is 0 Å². The van der Waals surface area contributed by atoms with Gasteiger partial charge in [-0.2, -0.15) is 0 Å². The van der Waals surface area contributed by atoms with E-state index < -0.39 is 0 Å². The molecule has 0 spiro atoms. The van der Waals surface area contributed by atoms with Crippen LogP contribution >= 0.6 is 0 Å². The standard InChI is InChI=1S/C26H22N2O4/c1-31-25-13-17(9-11-23(25)29)15-27-21-7-3-6-20-19(21)5-4-8-22(20)28-16-18-10-12-24(30)26(14-18)32-2/h3-16,29-30H,1-2H3. The van der Waals surface area contributed by atoms with E-state index in [1.165, 1.54) is 14.2 Å². The van der Waals surface area contributed by atoms with Crippen molar-refractivity contribution in [3.63, 3.8) is 0 Å². The van der Waals surface area contributed by atoms with Gasteiger partial charge in [0.1, 0.15) is 0 Å². The van der Waals surface area contributed by atoms with Crippen molar-refractivity contribution in [3.05, 3.63) is 83.9 Å². The molecular weight excluding hydrogens is 404 g/mol. The minimum absolute atomic E-state index is 0.0866. The topological polar surface area (TPSA) is 83.6 Å². The molecule has 6 heteroatoms. The van der Waals surface area contributed by atoms with E-state index in [0.29, 0.717) is 11.5 Å². The van der Waals surface area contributed by atoms with Crippen LogP contribution in [-0.2, 0) is 0 Å². The predicted molar refractivity (Wildman–Crippen MR) is 128 cm³/mol. The number of aromatic hydroxyl groups is 2. The highest BCUT2D eigenvalue weighted by Crippen LogP contribution is 2.33. The number of phenols is 2. The third kappa shape index (κ3) is 4.39. The molecule has 0 aliphatic rings. The molecule has 0 atom stereocenters. The minimum atomic E-state index is 0.0866. The summed E-state index contributed by atoms with van der Waals surface area (Å²) in [6.45, 7) is 0. The lowest BCUT2D eigenvalue weighted by atomic mass is 10.1. The van der Waals surface area contributed by atoms with Gasteiger partial charge in [0.25, 0.3) is 0 Å². The molecule has 0 amide bonds. The largest absolute Gasteiger partial charge is 0.504 e. The first kappa shape index (κ1) is 20.9. The average Bonchev–Trinajstić information content (AvgIpc) is 2.83. The average molecular weight is 426 g/mol. The highest BCUT2D eigenvalue weighted by molar-refractivity contribution is 6.02. The Balaban J connectivity index is 1.67. The number of ether oxygens (including phenoxy) is 2. The monoisotopic (exact) mass is 426 g/mol. The molecule has 0 bridgehead atoms. The number of methoxy groups -OCH3 is 2. The van der Waals surface area contributed by atoms with Crippen molar-refractivity contribution < 1.29 is 19.7 Å². The highest BCUT2D eigenvalue weighted by Gasteiger charge is 2.05. The van der Waals surface area contributed by atoms with Crippen LogP contribution in [0.5, 0.6) is 23.0 Å². The third-order valence-electron chi connectivity index (χ3n) is 4.99. The summed E-state index contributed by atoms with van der Waals surface area (Å²) in [5.74, 6) is 0.968. The van der Waals surface area contributed by atoms with Crippen molar-refractivity contribution in [1.29, 1.82) is 0 Å². The zero-order valence-corrected chi connectivity index (χ0v) is 17.7. The normalized spacial score (nSPS) is 11.4. The van der Waals surface area contributed by atoms with Gasteiger partial charge in [-0.3, -0.25) is 9.98 Å². The van der Waals surface area contributed by atoms with E-state index in [2.05, 4.69) is 9.98 Å². The summed E-state index contributed by atoms with van der Waals surface area (Å²) in [4.78, 5) is 9.29. The maximum atomic E-state index is 9.77. The molecule has 4 rings (SSSR count). The molecule has 0 aliphatic heterocycles. The Labute approximate surface area is 185 Å². The lowest BCUT2D eigenvalue weighted by molar-refractivity contribution is 0.373. The predicted octanol–water partition coefficient (Wildman–Crippen LogP) is 5.77. The van der Waals surface area contributed by atoms with Gasteiger partial charge in [0.2, 0.25) is 0 Å². The molecule has 0 heterocycles. The van der Waals surface area contributed by atoms with Gasteiger partial charge in [0.15, 0.2) is 23.0 Å². The molecule has 160 valence electrons. The van der Waals surface area contributed by atoms with Gasteiger partial charge in [-0.15, -0.1) is 0 Å². The van der Waals surface area contributed by atoms with Gasteiger partial charge < -0.3 is 19.7 Å². The fourth-order valence-electron chi connectivity index (χ4n) is 3.34. The van der Waals surface area contributed by atoms with Crippen LogP contribution in [0.3, 0.4) is 0 Å². The molecule has 0 radical (unpaired) electrons. The van der Waals surface area contributed by atoms with E-state index in [9.17, 15) is 10.2 Å². The second kappa shape index (κ2) is 9.22. The molecule has 6 nitrogen and oxygen atoms in total. The zero-order chi connectivity index (χ0) is 22.5. The van der Waals surface area contributed by atoms with Crippen LogP contribution in [0.15, 0.2) is 82.8 Å². The summed E-state index contributed by atoms with van der Waals surface area (Å²) in [6, 6.07) is 21.9. The summed E-state index contributed by atoms with van der Waals surface area (Å²) in [5.41, 5.74) is 3.23. The van der Waals surface area contributed by atoms with Crippen LogP contribution in [0.1, 0.15) is 11.1 Å². The molecule has 0 unspecified atom stereocenters. The number of aliphatic imine (C=N–C) groups is 2. The second-order valence-corrected chi connectivity index (χ2v) is 7.03. The Bertz CT molecular complexity index is 1230. The summed E-state index contributed by atoms with van der Waals surface area (Å²) >= 11 is 0. The molecule has 2 N–H and O–H groups in total. The fraction of sp³-hybridized carbons (Fsp3) is 0.0769. The van der Waals surface area contributed by atoms with Crippen molar-refractivity contribution >= 4 is 34.6 Å². The van der Waals surface area contributed by atoms with Gasteiger partial charge in [0, 0.05) is 23.2 Å². The Morgan fingerprint density at radius 2 is 1.06 bits per heavy atom. The summed E-state index contributed by atoms with van der Waals surface area (Å²) in [7, 11) is 3.02. The second-order valence-electron chi connectivity index (χ2n) is 7.03. The molecular formula is C26H22N2O4. The van der Waals surface area contributed by atoms with E-state index >= 15 is 0 Å². The number of fused-ring (bicyclic) bond motifs is 1. The quantitative estimate of drug-likeness (QED) is 0.384. The SMILES string of the molecule is COc1cc(C=Nc2cccc3c(N=Cc4ccc(O)c(OC)c4)cccc23)ccc1O. The first-order chi connectivity index (χ1) is 15.6. The number of hydrogen-bond donors (Lipinski definition) is 2. The van der Waals surface area contributed by atoms with Crippen molar-refractivity contribution in [3.8, 4) is 23.0 Å². The van der Waals surface area contributed by atoms with Gasteiger partial charge >= 0.3 is 0 Å². The van der Waals surface area contributed by atoms with Crippen LogP contribution in [0.25, 0.3) is 10.8 Å². The molecule has 4 aromatic rings. The van der Waals surface area contributed by atoms with Crippen molar-refractivity contribution in [2.45, 2.75) is 0 Å². The molecule has 0 aromatic heterocycles. The number of hydrogen-bond acceptors (Lipinski definition) is 6. The van der Waals surface area contributed by atoms with Crippen LogP contribution in [-0.4, -0.2) is 36.9 Å². The fourth-order valence-corrected chi connectivity index (χ4v) is 3.34. The zero-order valence-electron chi connectivity index (χ0n) is 17.7. The smallest absolute Gasteiger partial charge is 0.161 e. The Morgan fingerprint density at radius 1 is 0.625 bits per heavy atom.